The van der Waals surface area contributed by atoms with Gasteiger partial charge in [0.25, 0.3) is 10.2 Å². The normalized spacial score (nSPS) is 11.3. The molecule has 0 aromatic heterocycles. The summed E-state index contributed by atoms with van der Waals surface area (Å²) in [5.41, 5.74) is 0. The largest absolute Gasteiger partial charge is 0.505 e. The lowest BCUT2D eigenvalue weighted by Gasteiger charge is -2.12. The van der Waals surface area contributed by atoms with Crippen LogP contribution in [0.5, 0.6) is 0 Å². The van der Waals surface area contributed by atoms with Gasteiger partial charge in [-0.25, -0.2) is 4.79 Å². The Morgan fingerprint density at radius 1 is 1.22 bits per heavy atom. The van der Waals surface area contributed by atoms with Crippen molar-refractivity contribution in [2.24, 2.45) is 0 Å². The third kappa shape index (κ3) is 10.2. The first-order chi connectivity index (χ1) is 8.41. The molecule has 0 saturated heterocycles. The molecule has 0 heterocycles. The Balaban J connectivity index is 3.81. The number of hydrogen-bond donors (Lipinski definition) is 1. The van der Waals surface area contributed by atoms with E-state index in [1.54, 1.807) is 0 Å². The molecule has 11 nitrogen and oxygen atoms in total. The van der Waals surface area contributed by atoms with Crippen LogP contribution in [0.25, 0.3) is 0 Å². The number of unbranched alkanes of at least 4 members (excludes halogenated alkanes) is 1. The van der Waals surface area contributed by atoms with Gasteiger partial charge in [0, 0.05) is 0 Å². The summed E-state index contributed by atoms with van der Waals surface area (Å²) in [5.74, 6) is 0. The second-order valence-electron chi connectivity index (χ2n) is 3.08. The van der Waals surface area contributed by atoms with Crippen LogP contribution in [-0.2, 0) is 14.4 Å². The molecule has 0 aromatic carbocycles. The molecule has 0 aliphatic carbocycles. The van der Waals surface area contributed by atoms with E-state index in [2.05, 4.69) is 14.4 Å². The van der Waals surface area contributed by atoms with Crippen molar-refractivity contribution in [2.75, 3.05) is 13.2 Å². The smallest absolute Gasteiger partial charge is 0.450 e. The van der Waals surface area contributed by atoms with Gasteiger partial charge in [-0.05, 0) is 19.3 Å². The average molecular weight is 268 g/mol. The molecule has 1 atom stereocenters. The summed E-state index contributed by atoms with van der Waals surface area (Å²) in [5, 5.41) is 26.0. The highest BCUT2D eigenvalue weighted by atomic mass is 17.0. The summed E-state index contributed by atoms with van der Waals surface area (Å²) in [6.07, 6.45) is -1.72. The zero-order valence-electron chi connectivity index (χ0n) is 9.22. The van der Waals surface area contributed by atoms with Gasteiger partial charge in [-0.1, -0.05) is 0 Å². The average Bonchev–Trinajstić information content (AvgIpc) is 2.23. The minimum Gasteiger partial charge on any atom is -0.450 e. The zero-order valence-corrected chi connectivity index (χ0v) is 9.22. The van der Waals surface area contributed by atoms with Gasteiger partial charge in [-0.15, -0.1) is 20.2 Å². The lowest BCUT2D eigenvalue weighted by Crippen LogP contribution is -2.24. The third-order valence-corrected chi connectivity index (χ3v) is 1.75. The van der Waals surface area contributed by atoms with E-state index in [1.165, 1.54) is 0 Å². The molecule has 1 unspecified atom stereocenters. The van der Waals surface area contributed by atoms with Gasteiger partial charge in [0.05, 0.1) is 6.61 Å². The van der Waals surface area contributed by atoms with Crippen LogP contribution in [0.1, 0.15) is 19.3 Å². The van der Waals surface area contributed by atoms with E-state index < -0.39 is 29.0 Å². The van der Waals surface area contributed by atoms with Gasteiger partial charge < -0.3 is 19.5 Å². The van der Waals surface area contributed by atoms with Crippen molar-refractivity contribution in [2.45, 2.75) is 25.4 Å². The van der Waals surface area contributed by atoms with Crippen LogP contribution < -0.4 is 0 Å². The van der Waals surface area contributed by atoms with E-state index in [1.807, 2.05) is 0 Å². The first-order valence-electron chi connectivity index (χ1n) is 4.86. The Hall–Kier alpha value is -2.33. The Bertz CT molecular complexity index is 295. The lowest BCUT2D eigenvalue weighted by atomic mass is 10.2. The van der Waals surface area contributed by atoms with Crippen LogP contribution in [0.4, 0.5) is 4.79 Å². The third-order valence-electron chi connectivity index (χ3n) is 1.75. The highest BCUT2D eigenvalue weighted by Gasteiger charge is 2.15. The molecule has 0 saturated carbocycles. The quantitative estimate of drug-likeness (QED) is 0.260. The SMILES string of the molecule is O=C(O)OCCCCC(CO[N+](=O)[O-])O[N+](=O)[O-]. The van der Waals surface area contributed by atoms with E-state index in [4.69, 9.17) is 5.11 Å². The van der Waals surface area contributed by atoms with Crippen LogP contribution in [0.2, 0.25) is 0 Å². The molecule has 0 aliphatic rings. The van der Waals surface area contributed by atoms with Crippen LogP contribution in [0.15, 0.2) is 0 Å². The van der Waals surface area contributed by atoms with Crippen LogP contribution in [-0.4, -0.2) is 40.8 Å². The maximum atomic E-state index is 10.1. The van der Waals surface area contributed by atoms with Gasteiger partial charge in [0.2, 0.25) is 0 Å². The minimum atomic E-state index is -1.41. The summed E-state index contributed by atoms with van der Waals surface area (Å²) in [6.45, 7) is -0.621. The molecular weight excluding hydrogens is 256 g/mol. The second kappa shape index (κ2) is 8.78. The van der Waals surface area contributed by atoms with Crippen molar-refractivity contribution < 1.29 is 34.5 Å². The van der Waals surface area contributed by atoms with Crippen molar-refractivity contribution in [3.05, 3.63) is 20.2 Å². The molecule has 0 fully saturated rings. The van der Waals surface area contributed by atoms with Crippen molar-refractivity contribution in [1.29, 1.82) is 0 Å². The van der Waals surface area contributed by atoms with E-state index in [0.717, 1.165) is 0 Å². The number of ether oxygens (including phenoxy) is 1. The van der Waals surface area contributed by atoms with Gasteiger partial charge >= 0.3 is 6.16 Å². The van der Waals surface area contributed by atoms with Gasteiger partial charge in [0.15, 0.2) is 0 Å². The lowest BCUT2D eigenvalue weighted by molar-refractivity contribution is -0.790. The first-order valence-corrected chi connectivity index (χ1v) is 4.86. The number of carboxylic acid groups (broad SMARTS) is 1. The first kappa shape index (κ1) is 15.7. The Morgan fingerprint density at radius 2 is 1.89 bits per heavy atom. The number of carbonyl (C=O) groups is 1. The van der Waals surface area contributed by atoms with Crippen molar-refractivity contribution in [3.8, 4) is 0 Å². The molecule has 104 valence electrons. The predicted octanol–water partition coefficient (Wildman–Crippen LogP) is 0.637. The highest BCUT2D eigenvalue weighted by Crippen LogP contribution is 2.06. The Labute approximate surface area is 100 Å². The highest BCUT2D eigenvalue weighted by molar-refractivity contribution is 5.56. The van der Waals surface area contributed by atoms with Gasteiger partial charge in [-0.3, -0.25) is 0 Å². The molecular formula is C7H12N2O9. The molecule has 0 bridgehead atoms. The van der Waals surface area contributed by atoms with E-state index >= 15 is 0 Å². The fourth-order valence-electron chi connectivity index (χ4n) is 1.07. The topological polar surface area (TPSA) is 151 Å². The van der Waals surface area contributed by atoms with Gasteiger partial charge in [-0.2, -0.15) is 0 Å². The molecule has 18 heavy (non-hydrogen) atoms. The molecule has 0 aliphatic heterocycles. The summed E-state index contributed by atoms with van der Waals surface area (Å²) < 4.78 is 4.21. The molecule has 0 spiro atoms. The fourth-order valence-corrected chi connectivity index (χ4v) is 1.07. The minimum absolute atomic E-state index is 0.0589. The monoisotopic (exact) mass is 268 g/mol. The molecule has 11 heteroatoms. The molecule has 0 radical (unpaired) electrons. The van der Waals surface area contributed by atoms with E-state index in [0.29, 0.717) is 12.8 Å². The number of rotatable bonds is 10. The van der Waals surface area contributed by atoms with Crippen molar-refractivity contribution >= 4 is 6.16 Å². The van der Waals surface area contributed by atoms with Crippen LogP contribution in [0.3, 0.4) is 0 Å². The number of nitrogens with zero attached hydrogens (tertiary/aromatic N) is 2. The van der Waals surface area contributed by atoms with E-state index in [9.17, 15) is 25.0 Å². The van der Waals surface area contributed by atoms with Gasteiger partial charge in [0.1, 0.15) is 12.7 Å². The molecule has 0 amide bonds. The summed E-state index contributed by atoms with van der Waals surface area (Å²) in [4.78, 5) is 38.1. The number of hydrogen-bond acceptors (Lipinski definition) is 8. The maximum Gasteiger partial charge on any atom is 0.505 e. The Kier molecular flexibility index (Phi) is 7.64. The Morgan fingerprint density at radius 3 is 2.39 bits per heavy atom. The van der Waals surface area contributed by atoms with Crippen molar-refractivity contribution in [3.63, 3.8) is 0 Å². The van der Waals surface area contributed by atoms with Crippen LogP contribution in [0, 0.1) is 20.2 Å². The molecule has 0 rings (SSSR count). The van der Waals surface area contributed by atoms with Crippen LogP contribution >= 0.6 is 0 Å². The summed E-state index contributed by atoms with van der Waals surface area (Å²) in [7, 11) is 0. The van der Waals surface area contributed by atoms with E-state index in [-0.39, 0.29) is 13.0 Å². The molecule has 0 aromatic rings. The zero-order chi connectivity index (χ0) is 14.0. The summed E-state index contributed by atoms with van der Waals surface area (Å²) >= 11 is 0. The fraction of sp³-hybridized carbons (Fsp3) is 0.857. The summed E-state index contributed by atoms with van der Waals surface area (Å²) in [6, 6.07) is 0. The maximum absolute atomic E-state index is 10.1. The standard InChI is InChI=1S/C7H12N2O9/c10-7(11)16-4-2-1-3-6(18-9(14)15)5-17-8(12)13/h6H,1-5H2,(H,10,11). The predicted molar refractivity (Wildman–Crippen MR) is 52.6 cm³/mol. The van der Waals surface area contributed by atoms with Crippen molar-refractivity contribution in [1.82, 2.24) is 0 Å². The second-order valence-corrected chi connectivity index (χ2v) is 3.08. The molecule has 1 N–H and O–H groups in total.